The minimum atomic E-state index is -0.747. The van der Waals surface area contributed by atoms with Gasteiger partial charge in [-0.15, -0.1) is 0 Å². The van der Waals surface area contributed by atoms with Crippen molar-refractivity contribution in [3.63, 3.8) is 0 Å². The number of allylic oxidation sites excluding steroid dienone is 1. The summed E-state index contributed by atoms with van der Waals surface area (Å²) in [7, 11) is 0. The molecule has 2 aromatic rings. The Morgan fingerprint density at radius 1 is 1.30 bits per heavy atom. The zero-order chi connectivity index (χ0) is 19.8. The van der Waals surface area contributed by atoms with E-state index < -0.39 is 17.4 Å². The van der Waals surface area contributed by atoms with Crippen molar-refractivity contribution in [2.24, 2.45) is 5.18 Å². The number of nitrogens with two attached hydrogens (primary N) is 2. The molecule has 0 saturated carbocycles. The molecule has 0 saturated heterocycles. The zero-order valence-corrected chi connectivity index (χ0v) is 14.2. The molecule has 1 heterocycles. The highest BCUT2D eigenvalue weighted by molar-refractivity contribution is 6.31. The summed E-state index contributed by atoms with van der Waals surface area (Å²) < 4.78 is 0. The van der Waals surface area contributed by atoms with Crippen molar-refractivity contribution in [2.45, 2.75) is 12.5 Å². The molecule has 0 amide bonds. The van der Waals surface area contributed by atoms with Crippen LogP contribution in [0, 0.1) is 4.91 Å². The third-order valence-corrected chi connectivity index (χ3v) is 3.66. The third kappa shape index (κ3) is 5.59. The number of carbonyl (C=O) groups excluding carboxylic acids is 2. The summed E-state index contributed by atoms with van der Waals surface area (Å²) in [6.07, 6.45) is 2.93. The second-order valence-corrected chi connectivity index (χ2v) is 5.63. The normalized spacial score (nSPS) is 11.9. The highest BCUT2D eigenvalue weighted by Crippen LogP contribution is 2.13. The molecule has 1 unspecified atom stereocenters. The highest BCUT2D eigenvalue weighted by atomic mass is 16.3. The molecule has 0 radical (unpaired) electrons. The number of aromatic nitrogens is 2. The Hall–Kier alpha value is -3.82. The molecular formula is C17H18N6O4. The van der Waals surface area contributed by atoms with E-state index in [1.165, 1.54) is 12.2 Å². The minimum absolute atomic E-state index is 0.0135. The number of nitroso groups, excluding NO2 is 1. The highest BCUT2D eigenvalue weighted by Gasteiger charge is 2.16. The number of benzene rings is 1. The number of nitrogens with zero attached hydrogens (tertiary/aromatic N) is 2. The van der Waals surface area contributed by atoms with Crippen molar-refractivity contribution in [3.8, 4) is 0 Å². The quantitative estimate of drug-likeness (QED) is 0.214. The average Bonchev–Trinajstić information content (AvgIpc) is 2.65. The van der Waals surface area contributed by atoms with Crippen LogP contribution in [-0.4, -0.2) is 34.6 Å². The van der Waals surface area contributed by atoms with Gasteiger partial charge in [0.25, 0.3) is 5.56 Å². The summed E-state index contributed by atoms with van der Waals surface area (Å²) in [6, 6.07) is 6.18. The molecule has 0 fully saturated rings. The lowest BCUT2D eigenvalue weighted by molar-refractivity contribution is -0.126. The van der Waals surface area contributed by atoms with Gasteiger partial charge in [0.2, 0.25) is 11.7 Å². The first-order valence-corrected chi connectivity index (χ1v) is 7.90. The summed E-state index contributed by atoms with van der Waals surface area (Å²) in [4.78, 5) is 50.3. The lowest BCUT2D eigenvalue weighted by atomic mass is 10.1. The fraction of sp³-hybridized carbons (Fsp3) is 0.176. The SMILES string of the molecule is Nc1nc(N)c(CC(CNc2ccc(/C=C/C(=O)C=O)cc2)N=O)c(=O)[nH]1. The molecule has 0 spiro atoms. The third-order valence-electron chi connectivity index (χ3n) is 3.66. The lowest BCUT2D eigenvalue weighted by Crippen LogP contribution is -2.26. The van der Waals surface area contributed by atoms with Gasteiger partial charge in [-0.2, -0.15) is 9.89 Å². The van der Waals surface area contributed by atoms with Gasteiger partial charge in [0.05, 0.1) is 5.56 Å². The van der Waals surface area contributed by atoms with Gasteiger partial charge < -0.3 is 16.8 Å². The first kappa shape index (κ1) is 19.5. The van der Waals surface area contributed by atoms with Gasteiger partial charge in [-0.3, -0.25) is 19.4 Å². The van der Waals surface area contributed by atoms with Crippen LogP contribution in [0.5, 0.6) is 0 Å². The van der Waals surface area contributed by atoms with E-state index in [2.05, 4.69) is 20.5 Å². The molecule has 0 aliphatic rings. The van der Waals surface area contributed by atoms with Crippen LogP contribution >= 0.6 is 0 Å². The topological polar surface area (TPSA) is 173 Å². The summed E-state index contributed by atoms with van der Waals surface area (Å²) in [5.74, 6) is -0.756. The standard InChI is InChI=1S/C17H18N6O4/c18-15-14(16(26)22-17(19)21-15)7-12(23-27)8-20-11-4-1-10(2-5-11)3-6-13(25)9-24/h1-6,9,12,20H,7-8H2,(H5,18,19,21,22,26)/b6-3+. The van der Waals surface area contributed by atoms with Gasteiger partial charge in [0.1, 0.15) is 11.9 Å². The second-order valence-electron chi connectivity index (χ2n) is 5.63. The van der Waals surface area contributed by atoms with Gasteiger partial charge in [-0.1, -0.05) is 23.4 Å². The Bertz CT molecular complexity index is 920. The summed E-state index contributed by atoms with van der Waals surface area (Å²) >= 11 is 0. The van der Waals surface area contributed by atoms with Crippen molar-refractivity contribution in [1.82, 2.24) is 9.97 Å². The molecule has 0 aliphatic heterocycles. The van der Waals surface area contributed by atoms with Gasteiger partial charge in [0.15, 0.2) is 6.29 Å². The maximum absolute atomic E-state index is 11.9. The molecule has 27 heavy (non-hydrogen) atoms. The van der Waals surface area contributed by atoms with Crippen molar-refractivity contribution in [1.29, 1.82) is 0 Å². The van der Waals surface area contributed by atoms with E-state index in [9.17, 15) is 19.3 Å². The predicted octanol–water partition coefficient (Wildman–Crippen LogP) is 0.505. The van der Waals surface area contributed by atoms with Crippen LogP contribution in [0.4, 0.5) is 17.5 Å². The number of nitrogens with one attached hydrogen (secondary N) is 2. The van der Waals surface area contributed by atoms with E-state index in [0.717, 1.165) is 5.56 Å². The number of hydrogen-bond donors (Lipinski definition) is 4. The molecule has 2 rings (SSSR count). The van der Waals surface area contributed by atoms with Crippen LogP contribution in [0.2, 0.25) is 0 Å². The Labute approximate surface area is 153 Å². The molecule has 1 aromatic carbocycles. The Morgan fingerprint density at radius 3 is 2.59 bits per heavy atom. The van der Waals surface area contributed by atoms with Crippen molar-refractivity contribution in [2.75, 3.05) is 23.3 Å². The Morgan fingerprint density at radius 2 is 2.00 bits per heavy atom. The number of nitrogen functional groups attached to an aromatic ring is 2. The number of ketones is 1. The van der Waals surface area contributed by atoms with E-state index in [-0.39, 0.29) is 36.6 Å². The Balaban J connectivity index is 1.99. The molecule has 1 atom stereocenters. The maximum Gasteiger partial charge on any atom is 0.257 e. The van der Waals surface area contributed by atoms with Crippen LogP contribution in [-0.2, 0) is 16.0 Å². The average molecular weight is 370 g/mol. The molecule has 0 aliphatic carbocycles. The number of hydrogen-bond acceptors (Lipinski definition) is 9. The van der Waals surface area contributed by atoms with E-state index in [1.54, 1.807) is 24.3 Å². The number of rotatable bonds is 9. The van der Waals surface area contributed by atoms with Gasteiger partial charge in [-0.25, -0.2) is 0 Å². The van der Waals surface area contributed by atoms with E-state index >= 15 is 0 Å². The van der Waals surface area contributed by atoms with Crippen LogP contribution in [0.1, 0.15) is 11.1 Å². The molecule has 140 valence electrons. The van der Waals surface area contributed by atoms with Crippen molar-refractivity contribution >= 4 is 35.6 Å². The molecule has 0 bridgehead atoms. The minimum Gasteiger partial charge on any atom is -0.383 e. The van der Waals surface area contributed by atoms with Gasteiger partial charge >= 0.3 is 0 Å². The number of H-pyrrole nitrogens is 1. The van der Waals surface area contributed by atoms with E-state index in [0.29, 0.717) is 5.69 Å². The Kier molecular flexibility index (Phi) is 6.53. The van der Waals surface area contributed by atoms with Crippen molar-refractivity contribution < 1.29 is 9.59 Å². The molecule has 6 N–H and O–H groups in total. The number of carbonyl (C=O) groups is 2. The fourth-order valence-corrected chi connectivity index (χ4v) is 2.28. The van der Waals surface area contributed by atoms with Crippen LogP contribution < -0.4 is 22.3 Å². The first-order chi connectivity index (χ1) is 12.9. The van der Waals surface area contributed by atoms with E-state index in [4.69, 9.17) is 11.5 Å². The summed E-state index contributed by atoms with van der Waals surface area (Å²) in [5.41, 5.74) is 12.2. The lowest BCUT2D eigenvalue weighted by Gasteiger charge is -2.12. The van der Waals surface area contributed by atoms with Gasteiger partial charge in [0, 0.05) is 18.7 Å². The largest absolute Gasteiger partial charge is 0.383 e. The number of aldehydes is 1. The molecular weight excluding hydrogens is 352 g/mol. The zero-order valence-electron chi connectivity index (χ0n) is 14.2. The molecule has 10 heteroatoms. The van der Waals surface area contributed by atoms with Crippen LogP contribution in [0.25, 0.3) is 6.08 Å². The number of anilines is 3. The van der Waals surface area contributed by atoms with Crippen molar-refractivity contribution in [3.05, 3.63) is 56.7 Å². The summed E-state index contributed by atoms with van der Waals surface area (Å²) in [5, 5.41) is 6.05. The maximum atomic E-state index is 11.9. The van der Waals surface area contributed by atoms with E-state index in [1.807, 2.05) is 0 Å². The van der Waals surface area contributed by atoms with Crippen LogP contribution in [0.3, 0.4) is 0 Å². The number of aromatic amines is 1. The monoisotopic (exact) mass is 370 g/mol. The van der Waals surface area contributed by atoms with Crippen LogP contribution in [0.15, 0.2) is 40.3 Å². The summed E-state index contributed by atoms with van der Waals surface area (Å²) in [6.45, 7) is 0.172. The second kappa shape index (κ2) is 9.04. The molecule has 10 nitrogen and oxygen atoms in total. The molecule has 1 aromatic heterocycles. The fourth-order valence-electron chi connectivity index (χ4n) is 2.28. The first-order valence-electron chi connectivity index (χ1n) is 7.90. The predicted molar refractivity (Wildman–Crippen MR) is 102 cm³/mol. The van der Waals surface area contributed by atoms with Gasteiger partial charge in [-0.05, 0) is 23.8 Å². The smallest absolute Gasteiger partial charge is 0.257 e.